The number of benzene rings is 2. The number of imidazole rings is 1. The van der Waals surface area contributed by atoms with Crippen molar-refractivity contribution in [1.29, 1.82) is 0 Å². The Morgan fingerprint density at radius 1 is 1.00 bits per heavy atom. The molecule has 0 atom stereocenters. The predicted octanol–water partition coefficient (Wildman–Crippen LogP) is 2.69. The van der Waals surface area contributed by atoms with Crippen molar-refractivity contribution in [1.82, 2.24) is 24.5 Å². The summed E-state index contributed by atoms with van der Waals surface area (Å²) in [4.78, 5) is 34.1. The summed E-state index contributed by atoms with van der Waals surface area (Å²) in [5.41, 5.74) is 1.73. The van der Waals surface area contributed by atoms with E-state index in [1.54, 1.807) is 13.0 Å². The summed E-state index contributed by atoms with van der Waals surface area (Å²) in [5.74, 6) is 2.36. The largest absolute Gasteiger partial charge is 0.486 e. The molecule has 0 saturated carbocycles. The molecule has 2 aromatic carbocycles. The molecule has 0 bridgehead atoms. The molecule has 36 heavy (non-hydrogen) atoms. The highest BCUT2D eigenvalue weighted by atomic mass is 16.5. The molecular formula is C26H28N6O4. The Labute approximate surface area is 208 Å². The quantitative estimate of drug-likeness (QED) is 0.407. The first-order valence-corrected chi connectivity index (χ1v) is 11.9. The Hall–Kier alpha value is -4.18. The van der Waals surface area contributed by atoms with Gasteiger partial charge in [-0.25, -0.2) is 4.98 Å². The third kappa shape index (κ3) is 5.55. The number of piperazine rings is 1. The molecule has 1 saturated heterocycles. The van der Waals surface area contributed by atoms with E-state index in [-0.39, 0.29) is 31.5 Å². The number of aryl methyl sites for hydroxylation is 1. The number of nitrogens with zero attached hydrogens (tertiary/aromatic N) is 5. The minimum atomic E-state index is -0.156. The number of hydrogen-bond acceptors (Lipinski definition) is 7. The van der Waals surface area contributed by atoms with Crippen LogP contribution in [0.3, 0.4) is 0 Å². The molecule has 0 unspecified atom stereocenters. The van der Waals surface area contributed by atoms with Crippen molar-refractivity contribution in [3.05, 3.63) is 72.2 Å². The van der Waals surface area contributed by atoms with Gasteiger partial charge in [-0.3, -0.25) is 14.5 Å². The highest BCUT2D eigenvalue weighted by Crippen LogP contribution is 2.19. The minimum Gasteiger partial charge on any atom is -0.486 e. The van der Waals surface area contributed by atoms with Crippen molar-refractivity contribution >= 4 is 28.7 Å². The van der Waals surface area contributed by atoms with Crippen LogP contribution in [0.15, 0.2) is 65.2 Å². The van der Waals surface area contributed by atoms with E-state index in [0.717, 1.165) is 16.8 Å². The third-order valence-corrected chi connectivity index (χ3v) is 6.13. The maximum Gasteiger partial charge on any atom is 0.242 e. The van der Waals surface area contributed by atoms with Gasteiger partial charge in [0.25, 0.3) is 0 Å². The normalized spacial score (nSPS) is 14.2. The van der Waals surface area contributed by atoms with E-state index in [2.05, 4.69) is 10.5 Å². The molecule has 186 valence electrons. The zero-order valence-electron chi connectivity index (χ0n) is 20.1. The highest BCUT2D eigenvalue weighted by molar-refractivity contribution is 5.91. The van der Waals surface area contributed by atoms with Gasteiger partial charge in [-0.2, -0.15) is 0 Å². The van der Waals surface area contributed by atoms with E-state index >= 15 is 0 Å². The van der Waals surface area contributed by atoms with Crippen LogP contribution in [0.2, 0.25) is 0 Å². The summed E-state index contributed by atoms with van der Waals surface area (Å²) >= 11 is 0. The molecule has 1 aliphatic rings. The van der Waals surface area contributed by atoms with Crippen molar-refractivity contribution in [3.8, 4) is 5.75 Å². The van der Waals surface area contributed by atoms with Gasteiger partial charge in [-0.15, -0.1) is 0 Å². The SMILES string of the molecule is Cc1cc(NC(=O)CN2CCN(C(=O)Cn3c(COc4ccccc4)nc4ccccc43)CC2)no1. The first kappa shape index (κ1) is 23.6. The highest BCUT2D eigenvalue weighted by Gasteiger charge is 2.24. The Morgan fingerprint density at radius 3 is 2.50 bits per heavy atom. The van der Waals surface area contributed by atoms with Gasteiger partial charge in [0, 0.05) is 32.2 Å². The fourth-order valence-corrected chi connectivity index (χ4v) is 4.28. The van der Waals surface area contributed by atoms with Gasteiger partial charge in [0.15, 0.2) is 5.82 Å². The van der Waals surface area contributed by atoms with Gasteiger partial charge in [0.1, 0.15) is 30.5 Å². The van der Waals surface area contributed by atoms with E-state index in [4.69, 9.17) is 14.2 Å². The van der Waals surface area contributed by atoms with Crippen molar-refractivity contribution in [2.24, 2.45) is 0 Å². The van der Waals surface area contributed by atoms with Gasteiger partial charge >= 0.3 is 0 Å². The maximum absolute atomic E-state index is 13.2. The fourth-order valence-electron chi connectivity index (χ4n) is 4.28. The number of ether oxygens (including phenoxy) is 1. The second kappa shape index (κ2) is 10.6. The zero-order chi connectivity index (χ0) is 24.9. The van der Waals surface area contributed by atoms with Crippen molar-refractivity contribution < 1.29 is 18.8 Å². The number of para-hydroxylation sites is 3. The van der Waals surface area contributed by atoms with Crippen molar-refractivity contribution in [2.45, 2.75) is 20.1 Å². The van der Waals surface area contributed by atoms with Gasteiger partial charge in [-0.05, 0) is 31.2 Å². The van der Waals surface area contributed by atoms with Crippen LogP contribution in [-0.4, -0.2) is 69.0 Å². The van der Waals surface area contributed by atoms with Crippen molar-refractivity contribution in [3.63, 3.8) is 0 Å². The average molecular weight is 489 g/mol. The Kier molecular flexibility index (Phi) is 6.94. The fraction of sp³-hybridized carbons (Fsp3) is 0.308. The topological polar surface area (TPSA) is 106 Å². The maximum atomic E-state index is 13.2. The van der Waals surface area contributed by atoms with Crippen LogP contribution in [0.4, 0.5) is 5.82 Å². The molecule has 5 rings (SSSR count). The summed E-state index contributed by atoms with van der Waals surface area (Å²) in [6.45, 7) is 4.79. The lowest BCUT2D eigenvalue weighted by atomic mass is 10.3. The van der Waals surface area contributed by atoms with Crippen LogP contribution in [-0.2, 0) is 22.7 Å². The van der Waals surface area contributed by atoms with Gasteiger partial charge in [0.05, 0.1) is 17.6 Å². The lowest BCUT2D eigenvalue weighted by Crippen LogP contribution is -2.51. The lowest BCUT2D eigenvalue weighted by molar-refractivity contribution is -0.133. The lowest BCUT2D eigenvalue weighted by Gasteiger charge is -2.34. The van der Waals surface area contributed by atoms with Crippen LogP contribution >= 0.6 is 0 Å². The number of fused-ring (bicyclic) bond motifs is 1. The van der Waals surface area contributed by atoms with E-state index < -0.39 is 0 Å². The molecule has 3 heterocycles. The zero-order valence-corrected chi connectivity index (χ0v) is 20.1. The molecular weight excluding hydrogens is 460 g/mol. The standard InChI is InChI=1S/C26H28N6O4/c1-19-15-23(29-36-19)28-25(33)16-30-11-13-31(14-12-30)26(34)17-32-22-10-6-5-9-21(22)27-24(32)18-35-20-7-3-2-4-8-20/h2-10,15H,11-14,16-18H2,1H3,(H,28,29,33). The second-order valence-corrected chi connectivity index (χ2v) is 8.73. The molecule has 1 N–H and O–H groups in total. The summed E-state index contributed by atoms with van der Waals surface area (Å²) in [7, 11) is 0. The molecule has 2 aromatic heterocycles. The van der Waals surface area contributed by atoms with E-state index in [0.29, 0.717) is 43.6 Å². The van der Waals surface area contributed by atoms with Crippen LogP contribution in [0.1, 0.15) is 11.6 Å². The van der Waals surface area contributed by atoms with E-state index in [9.17, 15) is 9.59 Å². The Morgan fingerprint density at radius 2 is 1.75 bits per heavy atom. The van der Waals surface area contributed by atoms with E-state index in [1.807, 2.05) is 69.0 Å². The first-order chi connectivity index (χ1) is 17.5. The average Bonchev–Trinajstić information content (AvgIpc) is 3.46. The predicted molar refractivity (Wildman–Crippen MR) is 133 cm³/mol. The smallest absolute Gasteiger partial charge is 0.242 e. The number of nitrogens with one attached hydrogen (secondary N) is 1. The van der Waals surface area contributed by atoms with Crippen LogP contribution in [0.5, 0.6) is 5.75 Å². The summed E-state index contributed by atoms with van der Waals surface area (Å²) in [6.07, 6.45) is 0. The molecule has 0 radical (unpaired) electrons. The molecule has 10 nitrogen and oxygen atoms in total. The number of rotatable bonds is 8. The van der Waals surface area contributed by atoms with Crippen LogP contribution < -0.4 is 10.1 Å². The summed E-state index contributed by atoms with van der Waals surface area (Å²) in [5, 5.41) is 6.52. The molecule has 10 heteroatoms. The first-order valence-electron chi connectivity index (χ1n) is 11.9. The molecule has 1 fully saturated rings. The number of anilines is 1. The number of carbonyl (C=O) groups excluding carboxylic acids is 2. The van der Waals surface area contributed by atoms with E-state index in [1.165, 1.54) is 0 Å². The minimum absolute atomic E-state index is 0.0151. The molecule has 1 aliphatic heterocycles. The molecule has 0 spiro atoms. The van der Waals surface area contributed by atoms with Crippen LogP contribution in [0, 0.1) is 6.92 Å². The summed E-state index contributed by atoms with van der Waals surface area (Å²) < 4.78 is 12.8. The number of hydrogen-bond donors (Lipinski definition) is 1. The van der Waals surface area contributed by atoms with Gasteiger partial charge in [0.2, 0.25) is 11.8 Å². The number of carbonyl (C=O) groups is 2. The Balaban J connectivity index is 1.19. The van der Waals surface area contributed by atoms with Gasteiger partial charge in [-0.1, -0.05) is 35.5 Å². The molecule has 4 aromatic rings. The number of aromatic nitrogens is 3. The monoisotopic (exact) mass is 488 g/mol. The summed E-state index contributed by atoms with van der Waals surface area (Å²) in [6, 6.07) is 19.0. The van der Waals surface area contributed by atoms with Crippen molar-refractivity contribution in [2.75, 3.05) is 38.0 Å². The van der Waals surface area contributed by atoms with Crippen LogP contribution in [0.25, 0.3) is 11.0 Å². The second-order valence-electron chi connectivity index (χ2n) is 8.73. The molecule has 2 amide bonds. The Bertz CT molecular complexity index is 1340. The number of amides is 2. The van der Waals surface area contributed by atoms with Gasteiger partial charge < -0.3 is 24.0 Å². The third-order valence-electron chi connectivity index (χ3n) is 6.13. The molecule has 0 aliphatic carbocycles.